The molecular weight excluding hydrogens is 416 g/mol. The number of nitriles is 1. The molecular formula is C24H24N8O. The molecule has 1 saturated heterocycles. The molecule has 3 aromatic heterocycles. The number of ether oxygens (including phenoxy) is 1. The smallest absolute Gasteiger partial charge is 0.176 e. The van der Waals surface area contributed by atoms with Crippen LogP contribution in [0.4, 0.5) is 5.82 Å². The summed E-state index contributed by atoms with van der Waals surface area (Å²) in [7, 11) is 0. The normalized spacial score (nSPS) is 14.4. The number of benzene rings is 1. The van der Waals surface area contributed by atoms with Crippen molar-refractivity contribution in [2.75, 3.05) is 18.0 Å². The molecule has 0 radical (unpaired) electrons. The molecule has 0 bridgehead atoms. The fourth-order valence-electron chi connectivity index (χ4n) is 4.38. The van der Waals surface area contributed by atoms with Crippen LogP contribution in [0.1, 0.15) is 41.5 Å². The lowest BCUT2D eigenvalue weighted by Gasteiger charge is -2.18. The molecule has 0 aliphatic carbocycles. The molecule has 1 aliphatic heterocycles. The summed E-state index contributed by atoms with van der Waals surface area (Å²) in [6.07, 6.45) is 5.02. The van der Waals surface area contributed by atoms with E-state index in [4.69, 9.17) is 10.5 Å². The molecule has 1 aromatic carbocycles. The molecule has 1 atom stereocenters. The van der Waals surface area contributed by atoms with Gasteiger partial charge in [-0.25, -0.2) is 4.98 Å². The SMILES string of the molecule is Cc1cnnc(C)c1[C@@H](N)Oc1ccc2[nH]nc(-c3cnc(N4CCCC4)c(C#N)c3)c2c1. The van der Waals surface area contributed by atoms with Crippen LogP contribution < -0.4 is 15.4 Å². The second-order valence-corrected chi connectivity index (χ2v) is 8.25. The van der Waals surface area contributed by atoms with Gasteiger partial charge in [-0.2, -0.15) is 20.6 Å². The molecule has 0 unspecified atom stereocenters. The van der Waals surface area contributed by atoms with Crippen molar-refractivity contribution in [1.82, 2.24) is 25.4 Å². The van der Waals surface area contributed by atoms with Gasteiger partial charge in [-0.05, 0) is 56.5 Å². The molecule has 166 valence electrons. The predicted molar refractivity (Wildman–Crippen MR) is 125 cm³/mol. The average molecular weight is 441 g/mol. The van der Waals surface area contributed by atoms with Crippen molar-refractivity contribution in [1.29, 1.82) is 5.26 Å². The quantitative estimate of drug-likeness (QED) is 0.451. The molecule has 4 heterocycles. The minimum Gasteiger partial charge on any atom is -0.471 e. The van der Waals surface area contributed by atoms with Gasteiger partial charge in [0.1, 0.15) is 23.3 Å². The van der Waals surface area contributed by atoms with E-state index in [0.717, 1.165) is 65.0 Å². The largest absolute Gasteiger partial charge is 0.471 e. The number of anilines is 1. The van der Waals surface area contributed by atoms with Crippen molar-refractivity contribution >= 4 is 16.7 Å². The van der Waals surface area contributed by atoms with Crippen molar-refractivity contribution in [3.8, 4) is 23.1 Å². The summed E-state index contributed by atoms with van der Waals surface area (Å²) in [4.78, 5) is 6.77. The van der Waals surface area contributed by atoms with E-state index in [1.807, 2.05) is 38.1 Å². The molecule has 9 heteroatoms. The van der Waals surface area contributed by atoms with Gasteiger partial charge in [0.05, 0.1) is 23.0 Å². The summed E-state index contributed by atoms with van der Waals surface area (Å²) < 4.78 is 6.06. The Morgan fingerprint density at radius 3 is 2.76 bits per heavy atom. The van der Waals surface area contributed by atoms with E-state index in [-0.39, 0.29) is 0 Å². The average Bonchev–Trinajstić information content (AvgIpc) is 3.48. The summed E-state index contributed by atoms with van der Waals surface area (Å²) in [5, 5.41) is 26.2. The topological polar surface area (TPSA) is 130 Å². The Morgan fingerprint density at radius 2 is 2.00 bits per heavy atom. The molecule has 0 spiro atoms. The summed E-state index contributed by atoms with van der Waals surface area (Å²) >= 11 is 0. The minimum absolute atomic E-state index is 0.552. The number of hydrogen-bond acceptors (Lipinski definition) is 8. The lowest BCUT2D eigenvalue weighted by molar-refractivity contribution is 0.212. The Labute approximate surface area is 191 Å². The van der Waals surface area contributed by atoms with Crippen LogP contribution >= 0.6 is 0 Å². The van der Waals surface area contributed by atoms with Crippen molar-refractivity contribution in [3.05, 3.63) is 59.0 Å². The van der Waals surface area contributed by atoms with Gasteiger partial charge >= 0.3 is 0 Å². The number of aromatic amines is 1. The van der Waals surface area contributed by atoms with Gasteiger partial charge in [-0.15, -0.1) is 0 Å². The Balaban J connectivity index is 1.48. The highest BCUT2D eigenvalue weighted by atomic mass is 16.5. The Kier molecular flexibility index (Phi) is 5.36. The van der Waals surface area contributed by atoms with Crippen molar-refractivity contribution in [2.24, 2.45) is 5.73 Å². The highest BCUT2D eigenvalue weighted by Crippen LogP contribution is 2.33. The summed E-state index contributed by atoms with van der Waals surface area (Å²) in [5.74, 6) is 1.35. The van der Waals surface area contributed by atoms with Crippen LogP contribution in [0.5, 0.6) is 5.75 Å². The van der Waals surface area contributed by atoms with Gasteiger partial charge in [0.15, 0.2) is 6.23 Å². The Morgan fingerprint density at radius 1 is 1.18 bits per heavy atom. The first-order valence-corrected chi connectivity index (χ1v) is 10.9. The first-order valence-electron chi connectivity index (χ1n) is 10.9. The van der Waals surface area contributed by atoms with E-state index in [1.165, 1.54) is 0 Å². The van der Waals surface area contributed by atoms with E-state index >= 15 is 0 Å². The Bertz CT molecular complexity index is 1350. The van der Waals surface area contributed by atoms with Gasteiger partial charge in [0, 0.05) is 35.8 Å². The number of pyridine rings is 1. The zero-order chi connectivity index (χ0) is 22.9. The number of H-pyrrole nitrogens is 1. The maximum absolute atomic E-state index is 9.72. The highest BCUT2D eigenvalue weighted by molar-refractivity contribution is 5.94. The van der Waals surface area contributed by atoms with Crippen LogP contribution in [0.2, 0.25) is 0 Å². The van der Waals surface area contributed by atoms with Crippen molar-refractivity contribution < 1.29 is 4.74 Å². The number of nitrogens with one attached hydrogen (secondary N) is 1. The number of fused-ring (bicyclic) bond motifs is 1. The monoisotopic (exact) mass is 440 g/mol. The van der Waals surface area contributed by atoms with Crippen LogP contribution in [0.25, 0.3) is 22.2 Å². The molecule has 33 heavy (non-hydrogen) atoms. The minimum atomic E-state index is -0.681. The maximum Gasteiger partial charge on any atom is 0.176 e. The van der Waals surface area contributed by atoms with Crippen LogP contribution in [0.3, 0.4) is 0 Å². The molecule has 4 aromatic rings. The van der Waals surface area contributed by atoms with Crippen LogP contribution in [-0.4, -0.2) is 38.5 Å². The number of hydrogen-bond donors (Lipinski definition) is 2. The molecule has 0 saturated carbocycles. The van der Waals surface area contributed by atoms with Crippen LogP contribution in [0.15, 0.2) is 36.7 Å². The van der Waals surface area contributed by atoms with Gasteiger partial charge in [0.25, 0.3) is 0 Å². The maximum atomic E-state index is 9.72. The number of nitrogens with zero attached hydrogens (tertiary/aromatic N) is 6. The van der Waals surface area contributed by atoms with Gasteiger partial charge in [-0.3, -0.25) is 10.8 Å². The first kappa shape index (κ1) is 20.8. The van der Waals surface area contributed by atoms with Gasteiger partial charge in [-0.1, -0.05) is 0 Å². The predicted octanol–water partition coefficient (Wildman–Crippen LogP) is 3.54. The molecule has 1 fully saturated rings. The summed E-state index contributed by atoms with van der Waals surface area (Å²) in [6.45, 7) is 5.66. The highest BCUT2D eigenvalue weighted by Gasteiger charge is 2.20. The Hall–Kier alpha value is -4.03. The lowest BCUT2D eigenvalue weighted by atomic mass is 10.1. The van der Waals surface area contributed by atoms with E-state index in [1.54, 1.807) is 12.4 Å². The molecule has 5 rings (SSSR count). The van der Waals surface area contributed by atoms with Gasteiger partial charge < -0.3 is 9.64 Å². The number of aryl methyl sites for hydroxylation is 2. The second kappa shape index (κ2) is 8.48. The van der Waals surface area contributed by atoms with Gasteiger partial charge in [0.2, 0.25) is 0 Å². The zero-order valence-corrected chi connectivity index (χ0v) is 18.5. The van der Waals surface area contributed by atoms with Crippen LogP contribution in [-0.2, 0) is 0 Å². The third-order valence-corrected chi connectivity index (χ3v) is 6.02. The van der Waals surface area contributed by atoms with E-state index in [9.17, 15) is 5.26 Å². The fourth-order valence-corrected chi connectivity index (χ4v) is 4.38. The molecule has 0 amide bonds. The zero-order valence-electron chi connectivity index (χ0n) is 18.5. The van der Waals surface area contributed by atoms with Crippen molar-refractivity contribution in [2.45, 2.75) is 32.9 Å². The molecule has 9 nitrogen and oxygen atoms in total. The number of nitrogens with two attached hydrogens (primary N) is 1. The van der Waals surface area contributed by atoms with E-state index in [0.29, 0.717) is 17.0 Å². The first-order chi connectivity index (χ1) is 16.0. The summed E-state index contributed by atoms with van der Waals surface area (Å²) in [5.41, 5.74) is 11.7. The fraction of sp³-hybridized carbons (Fsp3) is 0.292. The third-order valence-electron chi connectivity index (χ3n) is 6.02. The van der Waals surface area contributed by atoms with E-state index in [2.05, 4.69) is 36.3 Å². The number of aromatic nitrogens is 5. The second-order valence-electron chi connectivity index (χ2n) is 8.25. The summed E-state index contributed by atoms with van der Waals surface area (Å²) in [6, 6.07) is 9.79. The van der Waals surface area contributed by atoms with Crippen LogP contribution in [0, 0.1) is 25.2 Å². The van der Waals surface area contributed by atoms with Crippen molar-refractivity contribution in [3.63, 3.8) is 0 Å². The lowest BCUT2D eigenvalue weighted by Crippen LogP contribution is -2.20. The van der Waals surface area contributed by atoms with E-state index < -0.39 is 6.23 Å². The number of rotatable bonds is 5. The standard InChI is InChI=1S/C24H24N8O/c1-14-12-28-29-15(2)21(14)23(26)33-18-5-6-20-19(10-18)22(31-30-20)17-9-16(11-25)24(27-13-17)32-7-3-4-8-32/h5-6,9-10,12-13,23H,3-4,7-8,26H2,1-2H3,(H,30,31)/t23-/m0/s1. The molecule has 3 N–H and O–H groups in total. The molecule has 1 aliphatic rings. The third kappa shape index (κ3) is 3.85.